The first-order valence-corrected chi connectivity index (χ1v) is 11.3. The lowest BCUT2D eigenvalue weighted by molar-refractivity contribution is 0.881. The molecule has 1 N–H and O–H groups in total. The minimum Gasteiger partial charge on any atom is -0.309 e. The van der Waals surface area contributed by atoms with Gasteiger partial charge in [-0.15, -0.1) is 21.5 Å². The number of thiophene rings is 1. The second-order valence-electron chi connectivity index (χ2n) is 6.46. The molecule has 30 heavy (non-hydrogen) atoms. The molecular weight excluding hydrogens is 438 g/mol. The summed E-state index contributed by atoms with van der Waals surface area (Å²) in [6, 6.07) is 17.3. The molecule has 0 bridgehead atoms. The zero-order valence-corrected chi connectivity index (χ0v) is 17.8. The highest BCUT2D eigenvalue weighted by atomic mass is 35.5. The van der Waals surface area contributed by atoms with Crippen molar-refractivity contribution in [3.63, 3.8) is 0 Å². The molecule has 0 radical (unpaired) electrons. The number of nitrogens with one attached hydrogen (secondary N) is 1. The first-order valence-electron chi connectivity index (χ1n) is 9.03. The molecule has 0 aliphatic carbocycles. The molecule has 2 aromatic carbocycles. The summed E-state index contributed by atoms with van der Waals surface area (Å²) in [6.45, 7) is 0. The van der Waals surface area contributed by atoms with E-state index in [0.717, 1.165) is 21.6 Å². The Labute approximate surface area is 184 Å². The van der Waals surface area contributed by atoms with E-state index < -0.39 is 0 Å². The van der Waals surface area contributed by atoms with Crippen LogP contribution in [0.3, 0.4) is 0 Å². The van der Waals surface area contributed by atoms with Crippen molar-refractivity contribution in [2.45, 2.75) is 10.9 Å². The number of nitrogens with zero attached hydrogens (tertiary/aromatic N) is 4. The van der Waals surface area contributed by atoms with Crippen LogP contribution in [0.5, 0.6) is 0 Å². The van der Waals surface area contributed by atoms with Crippen molar-refractivity contribution in [1.82, 2.24) is 24.7 Å². The number of benzene rings is 2. The van der Waals surface area contributed by atoms with Crippen molar-refractivity contribution in [2.24, 2.45) is 0 Å². The average molecular weight is 452 g/mol. The zero-order chi connectivity index (χ0) is 20.5. The Hall–Kier alpha value is -2.94. The van der Waals surface area contributed by atoms with Crippen molar-refractivity contribution in [3.05, 3.63) is 87.5 Å². The summed E-state index contributed by atoms with van der Waals surface area (Å²) in [7, 11) is 0. The number of rotatable bonds is 5. The highest BCUT2D eigenvalue weighted by molar-refractivity contribution is 7.98. The maximum absolute atomic E-state index is 12.8. The molecule has 0 atom stereocenters. The summed E-state index contributed by atoms with van der Waals surface area (Å²) >= 11 is 9.02. The normalized spacial score (nSPS) is 11.2. The fourth-order valence-electron chi connectivity index (χ4n) is 3.15. The molecule has 5 rings (SSSR count). The summed E-state index contributed by atoms with van der Waals surface area (Å²) < 4.78 is 1.85. The van der Waals surface area contributed by atoms with Gasteiger partial charge in [0.15, 0.2) is 5.16 Å². The summed E-state index contributed by atoms with van der Waals surface area (Å²) in [5.74, 6) is 1.06. The largest absolute Gasteiger partial charge is 0.309 e. The van der Waals surface area contributed by atoms with Gasteiger partial charge in [0.05, 0.1) is 16.8 Å². The third-order valence-electron chi connectivity index (χ3n) is 4.52. The lowest BCUT2D eigenvalue weighted by Crippen LogP contribution is -2.11. The molecule has 0 aliphatic rings. The third-order valence-corrected chi connectivity index (χ3v) is 6.58. The monoisotopic (exact) mass is 451 g/mol. The van der Waals surface area contributed by atoms with Gasteiger partial charge in [0, 0.05) is 16.0 Å². The van der Waals surface area contributed by atoms with Crippen LogP contribution in [0.4, 0.5) is 0 Å². The second kappa shape index (κ2) is 8.06. The number of fused-ring (bicyclic) bond motifs is 1. The first-order chi connectivity index (χ1) is 14.7. The van der Waals surface area contributed by atoms with E-state index in [4.69, 9.17) is 11.6 Å². The van der Waals surface area contributed by atoms with E-state index in [9.17, 15) is 4.79 Å². The predicted octanol–water partition coefficient (Wildman–Crippen LogP) is 5.18. The number of H-pyrrole nitrogens is 1. The molecule has 3 aromatic heterocycles. The minimum absolute atomic E-state index is 0.132. The van der Waals surface area contributed by atoms with Gasteiger partial charge in [-0.2, -0.15) is 0 Å². The van der Waals surface area contributed by atoms with Crippen LogP contribution in [0.1, 0.15) is 5.82 Å². The van der Waals surface area contributed by atoms with E-state index in [0.29, 0.717) is 27.1 Å². The van der Waals surface area contributed by atoms with Crippen LogP contribution in [0.25, 0.3) is 27.0 Å². The fourth-order valence-corrected chi connectivity index (χ4v) is 5.10. The van der Waals surface area contributed by atoms with E-state index in [-0.39, 0.29) is 5.56 Å². The Morgan fingerprint density at radius 3 is 2.83 bits per heavy atom. The average Bonchev–Trinajstić information content (AvgIpc) is 3.40. The van der Waals surface area contributed by atoms with Crippen molar-refractivity contribution < 1.29 is 0 Å². The molecule has 3 heterocycles. The maximum atomic E-state index is 12.8. The van der Waals surface area contributed by atoms with Crippen molar-refractivity contribution in [1.29, 1.82) is 0 Å². The third kappa shape index (κ3) is 3.65. The van der Waals surface area contributed by atoms with Crippen LogP contribution in [-0.4, -0.2) is 24.7 Å². The SMILES string of the molecule is O=c1[nH]c(CSc2nncn2-c2cccc(Cl)c2)nc2scc(-c3ccccc3)c12. The quantitative estimate of drug-likeness (QED) is 0.372. The van der Waals surface area contributed by atoms with Crippen molar-refractivity contribution in [2.75, 3.05) is 0 Å². The second-order valence-corrected chi connectivity index (χ2v) is 8.70. The first kappa shape index (κ1) is 19.0. The van der Waals surface area contributed by atoms with Gasteiger partial charge >= 0.3 is 0 Å². The summed E-state index contributed by atoms with van der Waals surface area (Å²) in [4.78, 5) is 21.1. The molecule has 0 spiro atoms. The Morgan fingerprint density at radius 2 is 2.00 bits per heavy atom. The maximum Gasteiger partial charge on any atom is 0.260 e. The molecule has 5 aromatic rings. The van der Waals surface area contributed by atoms with Gasteiger partial charge in [0.2, 0.25) is 0 Å². The van der Waals surface area contributed by atoms with Crippen LogP contribution in [0, 0.1) is 0 Å². The molecular formula is C21H14ClN5OS2. The van der Waals surface area contributed by atoms with E-state index in [1.165, 1.54) is 23.1 Å². The standard InChI is InChI=1S/C21H14ClN5OS2/c22-14-7-4-8-15(9-14)27-12-23-26-21(27)30-11-17-24-19(28)18-16(10-29-20(18)25-17)13-5-2-1-3-6-13/h1-10,12H,11H2,(H,24,25,28). The zero-order valence-electron chi connectivity index (χ0n) is 15.4. The number of halogens is 1. The minimum atomic E-state index is -0.132. The topological polar surface area (TPSA) is 76.5 Å². The molecule has 0 unspecified atom stereocenters. The Bertz CT molecular complexity index is 1390. The number of hydrogen-bond donors (Lipinski definition) is 1. The lowest BCUT2D eigenvalue weighted by Gasteiger charge is -2.06. The van der Waals surface area contributed by atoms with Gasteiger partial charge in [-0.3, -0.25) is 9.36 Å². The highest BCUT2D eigenvalue weighted by Gasteiger charge is 2.14. The Balaban J connectivity index is 1.43. The van der Waals surface area contributed by atoms with E-state index in [1.807, 2.05) is 64.5 Å². The number of thioether (sulfide) groups is 1. The van der Waals surface area contributed by atoms with Gasteiger partial charge in [-0.25, -0.2) is 4.98 Å². The molecule has 6 nitrogen and oxygen atoms in total. The number of aromatic amines is 1. The van der Waals surface area contributed by atoms with Crippen LogP contribution in [0.15, 0.2) is 76.3 Å². The van der Waals surface area contributed by atoms with E-state index in [1.54, 1.807) is 6.33 Å². The molecule has 9 heteroatoms. The smallest absolute Gasteiger partial charge is 0.260 e. The van der Waals surface area contributed by atoms with Crippen LogP contribution in [0.2, 0.25) is 5.02 Å². The Kier molecular flexibility index (Phi) is 5.12. The van der Waals surface area contributed by atoms with Gasteiger partial charge in [0.25, 0.3) is 5.56 Å². The molecule has 0 amide bonds. The van der Waals surface area contributed by atoms with Gasteiger partial charge < -0.3 is 4.98 Å². The van der Waals surface area contributed by atoms with Crippen LogP contribution in [-0.2, 0) is 5.75 Å². The van der Waals surface area contributed by atoms with Crippen molar-refractivity contribution in [3.8, 4) is 16.8 Å². The molecule has 0 saturated carbocycles. The van der Waals surface area contributed by atoms with Gasteiger partial charge in [-0.05, 0) is 23.8 Å². The summed E-state index contributed by atoms with van der Waals surface area (Å²) in [5, 5.41) is 12.1. The predicted molar refractivity (Wildman–Crippen MR) is 122 cm³/mol. The molecule has 0 saturated heterocycles. The van der Waals surface area contributed by atoms with E-state index >= 15 is 0 Å². The summed E-state index contributed by atoms with van der Waals surface area (Å²) in [6.07, 6.45) is 1.64. The van der Waals surface area contributed by atoms with E-state index in [2.05, 4.69) is 20.2 Å². The van der Waals surface area contributed by atoms with Gasteiger partial charge in [-0.1, -0.05) is 59.8 Å². The fraction of sp³-hybridized carbons (Fsp3) is 0.0476. The highest BCUT2D eigenvalue weighted by Crippen LogP contribution is 2.31. The van der Waals surface area contributed by atoms with Crippen LogP contribution >= 0.6 is 34.7 Å². The molecule has 0 fully saturated rings. The summed E-state index contributed by atoms with van der Waals surface area (Å²) in [5.41, 5.74) is 2.65. The van der Waals surface area contributed by atoms with Crippen LogP contribution < -0.4 is 5.56 Å². The number of hydrogen-bond acceptors (Lipinski definition) is 6. The van der Waals surface area contributed by atoms with Gasteiger partial charge in [0.1, 0.15) is 17.0 Å². The molecule has 148 valence electrons. The number of aromatic nitrogens is 5. The Morgan fingerprint density at radius 1 is 1.13 bits per heavy atom. The molecule has 0 aliphatic heterocycles. The lowest BCUT2D eigenvalue weighted by atomic mass is 10.1. The van der Waals surface area contributed by atoms with Crippen molar-refractivity contribution >= 4 is 44.9 Å².